The van der Waals surface area contributed by atoms with Crippen molar-refractivity contribution in [3.05, 3.63) is 46.3 Å². The summed E-state index contributed by atoms with van der Waals surface area (Å²) in [5.74, 6) is 0.574. The molecule has 1 fully saturated rings. The molecule has 0 unspecified atom stereocenters. The van der Waals surface area contributed by atoms with Crippen molar-refractivity contribution in [1.29, 1.82) is 0 Å². The number of piperazine rings is 1. The molecule has 0 spiro atoms. The molecule has 2 heterocycles. The zero-order chi connectivity index (χ0) is 18.9. The average molecular weight is 398 g/mol. The number of nitrogens with zero attached hydrogens (tertiary/aromatic N) is 3. The molecule has 0 aliphatic carbocycles. The highest BCUT2D eigenvalue weighted by atomic mass is 35.5. The number of carbonyl (C=O) groups is 1. The Hall–Kier alpha value is -1.90. The molecule has 1 aliphatic heterocycles. The van der Waals surface area contributed by atoms with Gasteiger partial charge in [0.15, 0.2) is 0 Å². The first-order chi connectivity index (χ1) is 12.3. The average Bonchev–Trinajstić information content (AvgIpc) is 2.94. The first kappa shape index (κ1) is 18.9. The summed E-state index contributed by atoms with van der Waals surface area (Å²) in [4.78, 5) is 14.3. The van der Waals surface area contributed by atoms with Gasteiger partial charge < -0.3 is 9.42 Å². The summed E-state index contributed by atoms with van der Waals surface area (Å²) in [6.45, 7) is 4.73. The van der Waals surface area contributed by atoms with Crippen LogP contribution in [0.1, 0.15) is 17.0 Å². The van der Waals surface area contributed by atoms with Gasteiger partial charge in [0, 0.05) is 31.7 Å². The van der Waals surface area contributed by atoms with Crippen molar-refractivity contribution in [2.75, 3.05) is 26.2 Å². The van der Waals surface area contributed by atoms with Crippen molar-refractivity contribution >= 4 is 27.5 Å². The van der Waals surface area contributed by atoms with Crippen LogP contribution in [0.5, 0.6) is 0 Å². The first-order valence-electron chi connectivity index (χ1n) is 8.25. The molecular formula is C17H20ClN3O4S. The summed E-state index contributed by atoms with van der Waals surface area (Å²) in [5.41, 5.74) is 1.50. The van der Waals surface area contributed by atoms with Crippen LogP contribution in [0.15, 0.2) is 33.7 Å². The van der Waals surface area contributed by atoms with Crippen LogP contribution < -0.4 is 0 Å². The van der Waals surface area contributed by atoms with Gasteiger partial charge in [0.1, 0.15) is 10.7 Å². The molecule has 0 bridgehead atoms. The molecule has 1 saturated heterocycles. The lowest BCUT2D eigenvalue weighted by Crippen LogP contribution is -2.50. The Morgan fingerprint density at radius 1 is 1.19 bits per heavy atom. The second kappa shape index (κ2) is 7.38. The van der Waals surface area contributed by atoms with E-state index in [4.69, 9.17) is 16.1 Å². The maximum absolute atomic E-state index is 12.7. The normalized spacial score (nSPS) is 16.0. The lowest BCUT2D eigenvalue weighted by atomic mass is 10.1. The highest BCUT2D eigenvalue weighted by molar-refractivity contribution is 7.89. The van der Waals surface area contributed by atoms with E-state index in [9.17, 15) is 13.2 Å². The largest absolute Gasteiger partial charge is 0.361 e. The van der Waals surface area contributed by atoms with Crippen LogP contribution in [0.4, 0.5) is 0 Å². The van der Waals surface area contributed by atoms with Gasteiger partial charge >= 0.3 is 0 Å². The number of rotatable bonds is 4. The van der Waals surface area contributed by atoms with Crippen molar-refractivity contribution in [2.45, 2.75) is 25.2 Å². The van der Waals surface area contributed by atoms with Crippen molar-refractivity contribution in [3.8, 4) is 0 Å². The van der Waals surface area contributed by atoms with Gasteiger partial charge in [-0.2, -0.15) is 4.31 Å². The Morgan fingerprint density at radius 2 is 1.85 bits per heavy atom. The van der Waals surface area contributed by atoms with Gasteiger partial charge in [-0.3, -0.25) is 4.79 Å². The highest BCUT2D eigenvalue weighted by Crippen LogP contribution is 2.25. The van der Waals surface area contributed by atoms with E-state index in [0.29, 0.717) is 24.5 Å². The van der Waals surface area contributed by atoms with Gasteiger partial charge in [-0.05, 0) is 26.0 Å². The Labute approximate surface area is 157 Å². The van der Waals surface area contributed by atoms with Crippen molar-refractivity contribution < 1.29 is 17.7 Å². The summed E-state index contributed by atoms with van der Waals surface area (Å²) < 4.78 is 31.9. The van der Waals surface area contributed by atoms with Crippen LogP contribution >= 0.6 is 11.6 Å². The van der Waals surface area contributed by atoms with Gasteiger partial charge in [-0.1, -0.05) is 28.9 Å². The number of aryl methyl sites for hydroxylation is 2. The number of benzene rings is 1. The molecule has 1 aliphatic rings. The Kier molecular flexibility index (Phi) is 5.36. The fourth-order valence-electron chi connectivity index (χ4n) is 2.99. The van der Waals surface area contributed by atoms with E-state index in [1.54, 1.807) is 36.9 Å². The smallest absolute Gasteiger partial charge is 0.244 e. The van der Waals surface area contributed by atoms with Crippen LogP contribution in [-0.4, -0.2) is 54.9 Å². The lowest BCUT2D eigenvalue weighted by molar-refractivity contribution is -0.131. The van der Waals surface area contributed by atoms with Gasteiger partial charge in [-0.25, -0.2) is 8.42 Å². The quantitative estimate of drug-likeness (QED) is 0.788. The van der Waals surface area contributed by atoms with Gasteiger partial charge in [-0.15, -0.1) is 0 Å². The zero-order valence-electron chi connectivity index (χ0n) is 14.6. The van der Waals surface area contributed by atoms with E-state index in [0.717, 1.165) is 5.56 Å². The molecule has 0 atom stereocenters. The molecule has 2 aromatic rings. The van der Waals surface area contributed by atoms with Crippen LogP contribution in [-0.2, 0) is 21.2 Å². The maximum atomic E-state index is 12.7. The predicted octanol–water partition coefficient (Wildman–Crippen LogP) is 2.02. The van der Waals surface area contributed by atoms with Crippen molar-refractivity contribution in [2.24, 2.45) is 0 Å². The molecule has 3 rings (SSSR count). The topological polar surface area (TPSA) is 83.7 Å². The number of carbonyl (C=O) groups excluding carboxylic acids is 1. The monoisotopic (exact) mass is 397 g/mol. The maximum Gasteiger partial charge on any atom is 0.244 e. The minimum atomic E-state index is -3.67. The van der Waals surface area contributed by atoms with E-state index in [-0.39, 0.29) is 35.3 Å². The Bertz CT molecular complexity index is 898. The fourth-order valence-corrected chi connectivity index (χ4v) is 4.90. The van der Waals surface area contributed by atoms with Crippen LogP contribution in [0.2, 0.25) is 5.02 Å². The molecule has 0 saturated carbocycles. The number of sulfonamides is 1. The van der Waals surface area contributed by atoms with Crippen LogP contribution in [0.3, 0.4) is 0 Å². The Morgan fingerprint density at radius 3 is 2.42 bits per heavy atom. The molecule has 1 aromatic carbocycles. The highest BCUT2D eigenvalue weighted by Gasteiger charge is 2.31. The second-order valence-electron chi connectivity index (χ2n) is 6.19. The minimum absolute atomic E-state index is 0.0609. The molecule has 0 radical (unpaired) electrons. The molecule has 9 heteroatoms. The third-order valence-corrected chi connectivity index (χ3v) is 6.95. The van der Waals surface area contributed by atoms with Gasteiger partial charge in [0.05, 0.1) is 17.1 Å². The number of aromatic nitrogens is 1. The minimum Gasteiger partial charge on any atom is -0.361 e. The molecule has 1 aromatic heterocycles. The SMILES string of the molecule is Cc1noc(C)c1CC(=O)N1CCN(S(=O)(=O)c2ccccc2Cl)CC1. The Balaban J connectivity index is 1.66. The number of hydrogen-bond donors (Lipinski definition) is 0. The standard InChI is InChI=1S/C17H20ClN3O4S/c1-12-14(13(2)25-19-12)11-17(22)20-7-9-21(10-8-20)26(23,24)16-6-4-3-5-15(16)18/h3-6H,7-11H2,1-2H3. The van der Waals surface area contributed by atoms with E-state index < -0.39 is 10.0 Å². The summed E-state index contributed by atoms with van der Waals surface area (Å²) in [7, 11) is -3.67. The summed E-state index contributed by atoms with van der Waals surface area (Å²) in [5, 5.41) is 4.05. The third-order valence-electron chi connectivity index (χ3n) is 4.56. The van der Waals surface area contributed by atoms with E-state index >= 15 is 0 Å². The van der Waals surface area contributed by atoms with Crippen LogP contribution in [0.25, 0.3) is 0 Å². The lowest BCUT2D eigenvalue weighted by Gasteiger charge is -2.34. The van der Waals surface area contributed by atoms with Crippen molar-refractivity contribution in [3.63, 3.8) is 0 Å². The van der Waals surface area contributed by atoms with E-state index in [1.807, 2.05) is 0 Å². The third kappa shape index (κ3) is 3.62. The zero-order valence-corrected chi connectivity index (χ0v) is 16.2. The van der Waals surface area contributed by atoms with Gasteiger partial charge in [0.25, 0.3) is 0 Å². The van der Waals surface area contributed by atoms with Gasteiger partial charge in [0.2, 0.25) is 15.9 Å². The fraction of sp³-hybridized carbons (Fsp3) is 0.412. The van der Waals surface area contributed by atoms with Crippen molar-refractivity contribution in [1.82, 2.24) is 14.4 Å². The predicted molar refractivity (Wildman–Crippen MR) is 96.5 cm³/mol. The summed E-state index contributed by atoms with van der Waals surface area (Å²) >= 11 is 6.03. The first-order valence-corrected chi connectivity index (χ1v) is 10.1. The summed E-state index contributed by atoms with van der Waals surface area (Å²) in [6.07, 6.45) is 0.207. The van der Waals surface area contributed by atoms with E-state index in [2.05, 4.69) is 5.16 Å². The molecule has 1 amide bonds. The number of hydrogen-bond acceptors (Lipinski definition) is 5. The molecule has 140 valence electrons. The number of amides is 1. The van der Waals surface area contributed by atoms with Crippen LogP contribution in [0, 0.1) is 13.8 Å². The van der Waals surface area contributed by atoms with E-state index in [1.165, 1.54) is 10.4 Å². The number of halogens is 1. The second-order valence-corrected chi connectivity index (χ2v) is 8.51. The molecule has 26 heavy (non-hydrogen) atoms. The molecule has 0 N–H and O–H groups in total. The summed E-state index contributed by atoms with van der Waals surface area (Å²) in [6, 6.07) is 6.37. The molecule has 7 nitrogen and oxygen atoms in total. The molecular weight excluding hydrogens is 378 g/mol.